The number of aromatic nitrogens is 4. The third kappa shape index (κ3) is 2.33. The highest BCUT2D eigenvalue weighted by Gasteiger charge is 2.14. The minimum atomic E-state index is -0.510. The number of nitrogens with zero attached hydrogens (tertiary/aromatic N) is 4. The van der Waals surface area contributed by atoms with Gasteiger partial charge in [0.05, 0.1) is 19.2 Å². The number of fused-ring (bicyclic) bond motifs is 3. The second-order valence-corrected chi connectivity index (χ2v) is 4.40. The molecule has 0 fully saturated rings. The molecule has 2 aromatic heterocycles. The lowest BCUT2D eigenvalue weighted by molar-refractivity contribution is -0.142. The summed E-state index contributed by atoms with van der Waals surface area (Å²) in [4.78, 5) is 23.8. The first kappa shape index (κ1) is 13.2. The molecule has 0 radical (unpaired) electrons. The molecule has 2 heterocycles. The molecule has 1 aromatic carbocycles. The number of hydrogen-bond donors (Lipinski definition) is 0. The van der Waals surface area contributed by atoms with Gasteiger partial charge in [-0.3, -0.25) is 9.59 Å². The number of carbonyl (C=O) groups is 1. The van der Waals surface area contributed by atoms with Gasteiger partial charge in [0.25, 0.3) is 5.56 Å². The van der Waals surface area contributed by atoms with Gasteiger partial charge in [0, 0.05) is 10.8 Å². The van der Waals surface area contributed by atoms with Crippen LogP contribution in [0, 0.1) is 0 Å². The first-order valence-electron chi connectivity index (χ1n) is 6.48. The van der Waals surface area contributed by atoms with E-state index < -0.39 is 11.5 Å². The van der Waals surface area contributed by atoms with E-state index in [-0.39, 0.29) is 18.7 Å². The molecule has 0 aliphatic rings. The van der Waals surface area contributed by atoms with Gasteiger partial charge in [0.1, 0.15) is 5.69 Å². The lowest BCUT2D eigenvalue weighted by atomic mass is 10.2. The third-order valence-corrected chi connectivity index (χ3v) is 3.04. The van der Waals surface area contributed by atoms with E-state index in [2.05, 4.69) is 15.3 Å². The lowest BCUT2D eigenvalue weighted by Crippen LogP contribution is -2.26. The Morgan fingerprint density at radius 3 is 2.90 bits per heavy atom. The van der Waals surface area contributed by atoms with Crippen LogP contribution in [0.15, 0.2) is 35.3 Å². The molecule has 0 spiro atoms. The fourth-order valence-electron chi connectivity index (χ4n) is 2.08. The summed E-state index contributed by atoms with van der Waals surface area (Å²) in [6.07, 6.45) is 1.37. The number of ether oxygens (including phenoxy) is 1. The fourth-order valence-corrected chi connectivity index (χ4v) is 2.08. The van der Waals surface area contributed by atoms with Crippen molar-refractivity contribution in [1.82, 2.24) is 19.8 Å². The zero-order valence-electron chi connectivity index (χ0n) is 11.3. The van der Waals surface area contributed by atoms with Crippen molar-refractivity contribution in [2.45, 2.75) is 13.3 Å². The van der Waals surface area contributed by atoms with E-state index in [9.17, 15) is 9.59 Å². The van der Waals surface area contributed by atoms with Crippen LogP contribution in [-0.2, 0) is 16.0 Å². The Morgan fingerprint density at radius 1 is 1.29 bits per heavy atom. The summed E-state index contributed by atoms with van der Waals surface area (Å²) in [6.45, 7) is 1.95. The number of esters is 1. The van der Waals surface area contributed by atoms with Crippen LogP contribution in [-0.4, -0.2) is 32.4 Å². The Bertz CT molecular complexity index is 888. The van der Waals surface area contributed by atoms with Crippen molar-refractivity contribution in [3.63, 3.8) is 0 Å². The van der Waals surface area contributed by atoms with Crippen molar-refractivity contribution >= 4 is 22.4 Å². The molecule has 0 bridgehead atoms. The predicted octanol–water partition coefficient (Wildman–Crippen LogP) is 0.743. The van der Waals surface area contributed by atoms with Crippen LogP contribution in [0.2, 0.25) is 0 Å². The molecular weight excluding hydrogens is 272 g/mol. The van der Waals surface area contributed by atoms with Crippen molar-refractivity contribution in [3.8, 4) is 0 Å². The molecule has 0 N–H and O–H groups in total. The van der Waals surface area contributed by atoms with Crippen LogP contribution in [0.5, 0.6) is 0 Å². The van der Waals surface area contributed by atoms with Gasteiger partial charge < -0.3 is 4.74 Å². The van der Waals surface area contributed by atoms with Crippen LogP contribution in [0.3, 0.4) is 0 Å². The maximum absolute atomic E-state index is 12.3. The molecule has 3 aromatic rings. The average molecular weight is 284 g/mol. The normalized spacial score (nSPS) is 10.9. The van der Waals surface area contributed by atoms with Crippen LogP contribution < -0.4 is 5.56 Å². The molecule has 0 saturated heterocycles. The van der Waals surface area contributed by atoms with Crippen LogP contribution >= 0.6 is 0 Å². The van der Waals surface area contributed by atoms with Gasteiger partial charge in [-0.25, -0.2) is 0 Å². The Balaban J connectivity index is 2.15. The minimum absolute atomic E-state index is 0.0220. The monoisotopic (exact) mass is 284 g/mol. The highest BCUT2D eigenvalue weighted by atomic mass is 16.5. The number of hydrogen-bond acceptors (Lipinski definition) is 6. The first-order valence-corrected chi connectivity index (χ1v) is 6.48. The van der Waals surface area contributed by atoms with E-state index in [1.54, 1.807) is 13.1 Å². The van der Waals surface area contributed by atoms with Gasteiger partial charge in [-0.15, -0.1) is 10.2 Å². The molecule has 7 nitrogen and oxygen atoms in total. The van der Waals surface area contributed by atoms with Crippen LogP contribution in [0.1, 0.15) is 12.6 Å². The number of rotatable bonds is 3. The van der Waals surface area contributed by atoms with Gasteiger partial charge >= 0.3 is 5.97 Å². The summed E-state index contributed by atoms with van der Waals surface area (Å²) in [5, 5.41) is 13.6. The highest BCUT2D eigenvalue weighted by Crippen LogP contribution is 2.14. The van der Waals surface area contributed by atoms with Crippen LogP contribution in [0.25, 0.3) is 16.4 Å². The quantitative estimate of drug-likeness (QED) is 0.521. The second-order valence-electron chi connectivity index (χ2n) is 4.40. The smallest absolute Gasteiger partial charge is 0.312 e. The van der Waals surface area contributed by atoms with Crippen molar-refractivity contribution in [3.05, 3.63) is 46.5 Å². The Kier molecular flexibility index (Phi) is 3.31. The van der Waals surface area contributed by atoms with Gasteiger partial charge in [0.15, 0.2) is 5.65 Å². The van der Waals surface area contributed by atoms with E-state index in [1.807, 2.05) is 24.3 Å². The molecule has 21 heavy (non-hydrogen) atoms. The highest BCUT2D eigenvalue weighted by molar-refractivity contribution is 5.92. The number of benzene rings is 1. The maximum Gasteiger partial charge on any atom is 0.312 e. The molecular formula is C14H12N4O3. The van der Waals surface area contributed by atoms with Gasteiger partial charge in [0.2, 0.25) is 0 Å². The topological polar surface area (TPSA) is 86.4 Å². The van der Waals surface area contributed by atoms with Gasteiger partial charge in [-0.2, -0.15) is 9.61 Å². The Hall–Kier alpha value is -2.83. The molecule has 3 rings (SSSR count). The summed E-state index contributed by atoms with van der Waals surface area (Å²) in [5.74, 6) is -0.510. The van der Waals surface area contributed by atoms with Crippen molar-refractivity contribution in [1.29, 1.82) is 0 Å². The van der Waals surface area contributed by atoms with E-state index in [0.717, 1.165) is 15.3 Å². The zero-order valence-corrected chi connectivity index (χ0v) is 11.3. The molecule has 0 atom stereocenters. The first-order chi connectivity index (χ1) is 10.2. The summed E-state index contributed by atoms with van der Waals surface area (Å²) < 4.78 is 5.96. The fraction of sp³-hybridized carbons (Fsp3) is 0.214. The predicted molar refractivity (Wildman–Crippen MR) is 74.9 cm³/mol. The summed E-state index contributed by atoms with van der Waals surface area (Å²) in [7, 11) is 0. The van der Waals surface area contributed by atoms with Crippen molar-refractivity contribution in [2.24, 2.45) is 0 Å². The standard InChI is InChI=1S/C14H12N4O3/c1-2-21-12(19)7-11-14(20)18-13(17-16-11)10-6-4-3-5-9(10)8-15-18/h3-6,8H,2,7H2,1H3. The summed E-state index contributed by atoms with van der Waals surface area (Å²) in [6, 6.07) is 7.44. The van der Waals surface area contributed by atoms with Gasteiger partial charge in [-0.1, -0.05) is 24.3 Å². The molecule has 0 saturated carbocycles. The van der Waals surface area contributed by atoms with E-state index in [4.69, 9.17) is 4.74 Å². The minimum Gasteiger partial charge on any atom is -0.466 e. The van der Waals surface area contributed by atoms with Gasteiger partial charge in [-0.05, 0) is 6.92 Å². The Labute approximate surface area is 119 Å². The van der Waals surface area contributed by atoms with E-state index >= 15 is 0 Å². The lowest BCUT2D eigenvalue weighted by Gasteiger charge is -2.04. The molecule has 0 amide bonds. The molecule has 0 unspecified atom stereocenters. The number of carbonyl (C=O) groups excluding carboxylic acids is 1. The van der Waals surface area contributed by atoms with Crippen molar-refractivity contribution < 1.29 is 9.53 Å². The average Bonchev–Trinajstić information content (AvgIpc) is 2.50. The molecule has 106 valence electrons. The summed E-state index contributed by atoms with van der Waals surface area (Å²) in [5.41, 5.74) is -0.0711. The maximum atomic E-state index is 12.3. The van der Waals surface area contributed by atoms with Crippen molar-refractivity contribution in [2.75, 3.05) is 6.61 Å². The molecule has 0 aliphatic heterocycles. The molecule has 0 aliphatic carbocycles. The summed E-state index contributed by atoms with van der Waals surface area (Å²) >= 11 is 0. The zero-order chi connectivity index (χ0) is 14.8. The van der Waals surface area contributed by atoms with Crippen LogP contribution in [0.4, 0.5) is 0 Å². The molecule has 7 heteroatoms. The second kappa shape index (κ2) is 5.28. The van der Waals surface area contributed by atoms with E-state index in [0.29, 0.717) is 5.65 Å². The van der Waals surface area contributed by atoms with E-state index in [1.165, 1.54) is 0 Å². The Morgan fingerprint density at radius 2 is 2.10 bits per heavy atom. The SMILES string of the molecule is CCOC(=O)Cc1nnc2c3ccccc3cnn2c1=O. The largest absolute Gasteiger partial charge is 0.466 e. The third-order valence-electron chi connectivity index (χ3n) is 3.04.